The predicted octanol–water partition coefficient (Wildman–Crippen LogP) is 1.45. The summed E-state index contributed by atoms with van der Waals surface area (Å²) in [5.41, 5.74) is 0.282. The van der Waals surface area contributed by atoms with Crippen LogP contribution in [0.25, 0.3) is 0 Å². The zero-order valence-electron chi connectivity index (χ0n) is 13.8. The van der Waals surface area contributed by atoms with Gasteiger partial charge in [-0.2, -0.15) is 0 Å². The highest BCUT2D eigenvalue weighted by Crippen LogP contribution is 2.40. The molecule has 4 atom stereocenters. The number of likely N-dealkylation sites (tertiary alicyclic amines) is 1. The van der Waals surface area contributed by atoms with E-state index in [0.717, 1.165) is 44.8 Å². The second-order valence-electron chi connectivity index (χ2n) is 7.48. The number of aromatic carboxylic acids is 1. The van der Waals surface area contributed by atoms with Gasteiger partial charge in [-0.3, -0.25) is 4.90 Å². The Kier molecular flexibility index (Phi) is 4.18. The Morgan fingerprint density at radius 2 is 1.88 bits per heavy atom. The van der Waals surface area contributed by atoms with E-state index in [1.54, 1.807) is 12.3 Å². The molecule has 2 saturated heterocycles. The maximum Gasteiger partial charge on any atom is 0.335 e. The van der Waals surface area contributed by atoms with Gasteiger partial charge >= 0.3 is 5.97 Å². The molecule has 0 amide bonds. The van der Waals surface area contributed by atoms with Gasteiger partial charge in [0, 0.05) is 25.3 Å². The SMILES string of the molecule is O=C(O)c1ccnc(N2C[C@H]3C[C@@H](N4CCCC4)[C@H](O)C[C@H]3C2)c1. The number of fused-ring (bicyclic) bond motifs is 1. The van der Waals surface area contributed by atoms with Gasteiger partial charge in [-0.05, 0) is 62.7 Å². The standard InChI is InChI=1S/C18H25N3O3/c22-16-8-14-11-21(17-9-12(18(23)24)3-4-19-17)10-13(14)7-15(16)20-5-1-2-6-20/h3-4,9,13-16,22H,1-2,5-8,10-11H2,(H,23,24)/t13-,14+,15-,16-/m1/s1. The van der Waals surface area contributed by atoms with Crippen LogP contribution in [0.5, 0.6) is 0 Å². The molecule has 1 aromatic heterocycles. The molecule has 0 aromatic carbocycles. The van der Waals surface area contributed by atoms with Crippen LogP contribution in [0.15, 0.2) is 18.3 Å². The van der Waals surface area contributed by atoms with Gasteiger partial charge in [-0.1, -0.05) is 0 Å². The number of carboxylic acid groups (broad SMARTS) is 1. The largest absolute Gasteiger partial charge is 0.478 e. The Morgan fingerprint density at radius 3 is 2.58 bits per heavy atom. The van der Waals surface area contributed by atoms with Crippen LogP contribution in [-0.4, -0.2) is 64.4 Å². The Hall–Kier alpha value is -1.66. The number of pyridine rings is 1. The van der Waals surface area contributed by atoms with E-state index in [2.05, 4.69) is 14.8 Å². The number of hydrogen-bond donors (Lipinski definition) is 2. The third-order valence-electron chi connectivity index (χ3n) is 6.04. The number of carbonyl (C=O) groups is 1. The van der Waals surface area contributed by atoms with Gasteiger partial charge in [-0.25, -0.2) is 9.78 Å². The van der Waals surface area contributed by atoms with Crippen molar-refractivity contribution in [3.05, 3.63) is 23.9 Å². The fourth-order valence-electron chi connectivity index (χ4n) is 4.78. The minimum Gasteiger partial charge on any atom is -0.478 e. The topological polar surface area (TPSA) is 76.9 Å². The van der Waals surface area contributed by atoms with Crippen molar-refractivity contribution in [2.24, 2.45) is 11.8 Å². The van der Waals surface area contributed by atoms with E-state index >= 15 is 0 Å². The molecule has 1 aliphatic carbocycles. The first kappa shape index (κ1) is 15.8. The minimum atomic E-state index is -0.917. The quantitative estimate of drug-likeness (QED) is 0.873. The van der Waals surface area contributed by atoms with Crippen LogP contribution < -0.4 is 4.90 Å². The number of hydrogen-bond acceptors (Lipinski definition) is 5. The van der Waals surface area contributed by atoms with E-state index in [0.29, 0.717) is 17.9 Å². The number of nitrogens with zero attached hydrogens (tertiary/aromatic N) is 3. The monoisotopic (exact) mass is 331 g/mol. The van der Waals surface area contributed by atoms with Gasteiger partial charge in [0.1, 0.15) is 5.82 Å². The zero-order chi connectivity index (χ0) is 16.7. The molecule has 2 N–H and O–H groups in total. The summed E-state index contributed by atoms with van der Waals surface area (Å²) in [4.78, 5) is 20.2. The minimum absolute atomic E-state index is 0.234. The highest BCUT2D eigenvalue weighted by Gasteiger charge is 2.44. The number of anilines is 1. The molecule has 130 valence electrons. The van der Waals surface area contributed by atoms with E-state index in [4.69, 9.17) is 5.11 Å². The summed E-state index contributed by atoms with van der Waals surface area (Å²) in [6.07, 6.45) is 5.72. The summed E-state index contributed by atoms with van der Waals surface area (Å²) in [5, 5.41) is 19.8. The number of aliphatic hydroxyl groups excluding tert-OH is 1. The summed E-state index contributed by atoms with van der Waals surface area (Å²) < 4.78 is 0. The normalized spacial score (nSPS) is 33.6. The lowest BCUT2D eigenvalue weighted by atomic mass is 9.77. The highest BCUT2D eigenvalue weighted by atomic mass is 16.4. The van der Waals surface area contributed by atoms with E-state index in [1.807, 2.05) is 0 Å². The molecule has 2 aliphatic heterocycles. The number of carboxylic acids is 1. The molecular formula is C18H25N3O3. The lowest BCUT2D eigenvalue weighted by Crippen LogP contribution is -2.48. The van der Waals surface area contributed by atoms with Crippen LogP contribution >= 0.6 is 0 Å². The Balaban J connectivity index is 1.47. The van der Waals surface area contributed by atoms with Crippen LogP contribution in [0.2, 0.25) is 0 Å². The van der Waals surface area contributed by atoms with Crippen molar-refractivity contribution in [3.8, 4) is 0 Å². The van der Waals surface area contributed by atoms with Crippen LogP contribution in [-0.2, 0) is 0 Å². The van der Waals surface area contributed by atoms with Gasteiger partial charge in [0.15, 0.2) is 0 Å². The van der Waals surface area contributed by atoms with E-state index in [9.17, 15) is 9.90 Å². The molecule has 6 nitrogen and oxygen atoms in total. The molecule has 4 rings (SSSR count). The third-order valence-corrected chi connectivity index (χ3v) is 6.04. The van der Waals surface area contributed by atoms with E-state index in [1.165, 1.54) is 18.9 Å². The summed E-state index contributed by atoms with van der Waals surface area (Å²) in [6, 6.07) is 3.49. The summed E-state index contributed by atoms with van der Waals surface area (Å²) in [6.45, 7) is 4.01. The van der Waals surface area contributed by atoms with E-state index in [-0.39, 0.29) is 11.7 Å². The lowest BCUT2D eigenvalue weighted by molar-refractivity contribution is -0.000856. The zero-order valence-corrected chi connectivity index (χ0v) is 13.8. The first-order valence-electron chi connectivity index (χ1n) is 8.98. The summed E-state index contributed by atoms with van der Waals surface area (Å²) in [5.74, 6) is 0.875. The Labute approximate surface area is 142 Å². The van der Waals surface area contributed by atoms with Crippen molar-refractivity contribution < 1.29 is 15.0 Å². The second-order valence-corrected chi connectivity index (χ2v) is 7.48. The Bertz CT molecular complexity index is 617. The van der Waals surface area contributed by atoms with Gasteiger partial charge in [-0.15, -0.1) is 0 Å². The first-order valence-corrected chi connectivity index (χ1v) is 8.98. The van der Waals surface area contributed by atoms with E-state index < -0.39 is 5.97 Å². The average Bonchev–Trinajstić information content (AvgIpc) is 3.23. The lowest BCUT2D eigenvalue weighted by Gasteiger charge is -2.40. The molecule has 0 unspecified atom stereocenters. The van der Waals surface area contributed by atoms with Crippen molar-refractivity contribution in [1.29, 1.82) is 0 Å². The highest BCUT2D eigenvalue weighted by molar-refractivity contribution is 5.88. The number of rotatable bonds is 3. The molecule has 1 aromatic rings. The molecule has 3 fully saturated rings. The molecule has 0 bridgehead atoms. The summed E-state index contributed by atoms with van der Waals surface area (Å²) >= 11 is 0. The fraction of sp³-hybridized carbons (Fsp3) is 0.667. The average molecular weight is 331 g/mol. The molecule has 24 heavy (non-hydrogen) atoms. The van der Waals surface area contributed by atoms with Gasteiger partial charge < -0.3 is 15.1 Å². The maximum absolute atomic E-state index is 11.2. The molecule has 1 saturated carbocycles. The van der Waals surface area contributed by atoms with Crippen molar-refractivity contribution >= 4 is 11.8 Å². The van der Waals surface area contributed by atoms with Crippen LogP contribution in [0.1, 0.15) is 36.0 Å². The van der Waals surface area contributed by atoms with Crippen molar-refractivity contribution in [2.75, 3.05) is 31.1 Å². The smallest absolute Gasteiger partial charge is 0.335 e. The predicted molar refractivity (Wildman–Crippen MR) is 90.2 cm³/mol. The number of aromatic nitrogens is 1. The van der Waals surface area contributed by atoms with Gasteiger partial charge in [0.25, 0.3) is 0 Å². The summed E-state index contributed by atoms with van der Waals surface area (Å²) in [7, 11) is 0. The fourth-order valence-corrected chi connectivity index (χ4v) is 4.78. The Morgan fingerprint density at radius 1 is 1.17 bits per heavy atom. The molecule has 0 spiro atoms. The van der Waals surface area contributed by atoms with Crippen molar-refractivity contribution in [2.45, 2.75) is 37.8 Å². The van der Waals surface area contributed by atoms with Crippen LogP contribution in [0, 0.1) is 11.8 Å². The first-order chi connectivity index (χ1) is 11.6. The van der Waals surface area contributed by atoms with Crippen molar-refractivity contribution in [1.82, 2.24) is 9.88 Å². The van der Waals surface area contributed by atoms with Crippen molar-refractivity contribution in [3.63, 3.8) is 0 Å². The maximum atomic E-state index is 11.2. The molecule has 6 heteroatoms. The van der Waals surface area contributed by atoms with Gasteiger partial charge in [0.05, 0.1) is 11.7 Å². The van der Waals surface area contributed by atoms with Crippen LogP contribution in [0.3, 0.4) is 0 Å². The molecule has 0 radical (unpaired) electrons. The number of aliphatic hydroxyl groups is 1. The molecule has 3 aliphatic rings. The second kappa shape index (κ2) is 6.33. The third kappa shape index (κ3) is 2.89. The van der Waals surface area contributed by atoms with Gasteiger partial charge in [0.2, 0.25) is 0 Å². The van der Waals surface area contributed by atoms with Crippen LogP contribution in [0.4, 0.5) is 5.82 Å². The molecular weight excluding hydrogens is 306 g/mol. The molecule has 3 heterocycles.